The Balaban J connectivity index is 2.06. The molecule has 2 aromatic rings. The molecule has 0 aliphatic carbocycles. The van der Waals surface area contributed by atoms with E-state index in [0.717, 1.165) is 6.07 Å². The molecule has 2 heterocycles. The number of nitrogens with zero attached hydrogens (tertiary/aromatic N) is 3. The van der Waals surface area contributed by atoms with Gasteiger partial charge in [-0.2, -0.15) is 15.8 Å². The molecular formula is C22H13Cl2FN4O2. The Hall–Kier alpha value is -3.15. The van der Waals surface area contributed by atoms with Crippen LogP contribution < -0.4 is 0 Å². The molecule has 4 unspecified atom stereocenters. The molecule has 0 spiro atoms. The monoisotopic (exact) mass is 454 g/mol. The van der Waals surface area contributed by atoms with Crippen molar-refractivity contribution < 1.29 is 13.9 Å². The van der Waals surface area contributed by atoms with Crippen LogP contribution in [0.25, 0.3) is 0 Å². The van der Waals surface area contributed by atoms with Crippen molar-refractivity contribution in [2.24, 2.45) is 16.7 Å². The highest BCUT2D eigenvalue weighted by molar-refractivity contribution is 6.31. The minimum absolute atomic E-state index is 0.112. The number of hydrogen-bond acceptors (Lipinski definition) is 6. The van der Waals surface area contributed by atoms with Crippen molar-refractivity contribution in [1.82, 2.24) is 0 Å². The van der Waals surface area contributed by atoms with Gasteiger partial charge in [0.05, 0.1) is 29.1 Å². The van der Waals surface area contributed by atoms with Gasteiger partial charge >= 0.3 is 0 Å². The number of fused-ring (bicyclic) bond motifs is 2. The summed E-state index contributed by atoms with van der Waals surface area (Å²) in [6.45, 7) is 1.58. The van der Waals surface area contributed by atoms with Crippen LogP contribution in [0.5, 0.6) is 0 Å². The van der Waals surface area contributed by atoms with Crippen molar-refractivity contribution in [2.75, 3.05) is 0 Å². The second kappa shape index (κ2) is 6.94. The zero-order valence-corrected chi connectivity index (χ0v) is 17.5. The smallest absolute Gasteiger partial charge is 0.244 e. The quantitative estimate of drug-likeness (QED) is 0.665. The van der Waals surface area contributed by atoms with E-state index in [4.69, 9.17) is 38.1 Å². The molecule has 0 amide bonds. The first-order valence-corrected chi connectivity index (χ1v) is 9.88. The van der Waals surface area contributed by atoms with Crippen LogP contribution in [0, 0.1) is 62.0 Å². The summed E-state index contributed by atoms with van der Waals surface area (Å²) >= 11 is 12.0. The van der Waals surface area contributed by atoms with Gasteiger partial charge in [-0.15, -0.1) is 0 Å². The molecule has 6 nitrogen and oxygen atoms in total. The average molecular weight is 455 g/mol. The molecule has 2 bridgehead atoms. The minimum Gasteiger partial charge on any atom is -0.443 e. The lowest BCUT2D eigenvalue weighted by atomic mass is 9.53. The molecule has 4 atom stereocenters. The van der Waals surface area contributed by atoms with Crippen LogP contribution >= 0.6 is 23.2 Å². The number of benzene rings is 2. The average Bonchev–Trinajstić information content (AvgIpc) is 2.92. The zero-order chi connectivity index (χ0) is 22.6. The second-order valence-electron chi connectivity index (χ2n) is 7.45. The Labute approximate surface area is 187 Å². The molecule has 0 saturated carbocycles. The van der Waals surface area contributed by atoms with Gasteiger partial charge in [0.1, 0.15) is 11.9 Å². The van der Waals surface area contributed by atoms with E-state index in [1.54, 1.807) is 31.2 Å². The number of nitriles is 3. The van der Waals surface area contributed by atoms with E-state index < -0.39 is 40.4 Å². The van der Waals surface area contributed by atoms with Crippen LogP contribution in [0.3, 0.4) is 0 Å². The standard InChI is InChI=1S/C22H13Cl2FN4O2/c1-12-21(11-28)19(29)31-22(12,14-3-2-4-15(23)8-14)30-18(20(21,9-26)10-27)13-5-6-16(24)17(25)7-13/h2-8,12,18,29H,1H3. The maximum absolute atomic E-state index is 14.3. The Morgan fingerprint density at radius 2 is 1.77 bits per heavy atom. The Morgan fingerprint density at radius 3 is 2.35 bits per heavy atom. The lowest BCUT2D eigenvalue weighted by molar-refractivity contribution is -0.288. The third kappa shape index (κ3) is 2.47. The van der Waals surface area contributed by atoms with Gasteiger partial charge in [-0.3, -0.25) is 5.41 Å². The molecule has 1 N–H and O–H groups in total. The van der Waals surface area contributed by atoms with E-state index in [-0.39, 0.29) is 10.6 Å². The first-order chi connectivity index (χ1) is 14.7. The van der Waals surface area contributed by atoms with Gasteiger partial charge in [0, 0.05) is 10.6 Å². The number of rotatable bonds is 2. The lowest BCUT2D eigenvalue weighted by Gasteiger charge is -2.48. The third-order valence-electron chi connectivity index (χ3n) is 6.14. The predicted octanol–water partition coefficient (Wildman–Crippen LogP) is 5.24. The van der Waals surface area contributed by atoms with Crippen molar-refractivity contribution in [2.45, 2.75) is 18.8 Å². The molecule has 154 valence electrons. The Kier molecular flexibility index (Phi) is 4.72. The number of hydrogen-bond donors (Lipinski definition) is 1. The summed E-state index contributed by atoms with van der Waals surface area (Å²) in [5, 5.41) is 39.3. The molecule has 0 radical (unpaired) electrons. The normalized spacial score (nSPS) is 30.5. The molecular weight excluding hydrogens is 442 g/mol. The van der Waals surface area contributed by atoms with Crippen molar-refractivity contribution in [1.29, 1.82) is 21.2 Å². The zero-order valence-electron chi connectivity index (χ0n) is 16.0. The van der Waals surface area contributed by atoms with Gasteiger partial charge in [-0.1, -0.05) is 48.3 Å². The van der Waals surface area contributed by atoms with E-state index in [1.165, 1.54) is 12.1 Å². The molecule has 2 fully saturated rings. The van der Waals surface area contributed by atoms with Crippen molar-refractivity contribution in [3.63, 3.8) is 0 Å². The molecule has 9 heteroatoms. The fraction of sp³-hybridized carbons (Fsp3) is 0.273. The van der Waals surface area contributed by atoms with E-state index in [9.17, 15) is 20.2 Å². The van der Waals surface area contributed by atoms with Gasteiger partial charge in [0.15, 0.2) is 5.41 Å². The van der Waals surface area contributed by atoms with E-state index >= 15 is 0 Å². The second-order valence-corrected chi connectivity index (χ2v) is 8.30. The molecule has 0 aromatic heterocycles. The van der Waals surface area contributed by atoms with E-state index in [1.807, 2.05) is 18.2 Å². The highest BCUT2D eigenvalue weighted by Gasteiger charge is 2.79. The number of halogens is 3. The van der Waals surface area contributed by atoms with E-state index in [2.05, 4.69) is 0 Å². The first kappa shape index (κ1) is 21.1. The summed E-state index contributed by atoms with van der Waals surface area (Å²) in [6.07, 6.45) is -1.42. The topological polar surface area (TPSA) is 114 Å². The van der Waals surface area contributed by atoms with E-state index in [0.29, 0.717) is 10.6 Å². The lowest BCUT2D eigenvalue weighted by Crippen LogP contribution is -2.57. The minimum atomic E-state index is -2.20. The first-order valence-electron chi connectivity index (χ1n) is 9.13. The van der Waals surface area contributed by atoms with Crippen molar-refractivity contribution >= 4 is 29.1 Å². The van der Waals surface area contributed by atoms with Gasteiger partial charge in [0.25, 0.3) is 0 Å². The summed E-state index contributed by atoms with van der Waals surface area (Å²) < 4.78 is 26.4. The Bertz CT molecular complexity index is 1230. The third-order valence-corrected chi connectivity index (χ3v) is 6.68. The summed E-state index contributed by atoms with van der Waals surface area (Å²) in [4.78, 5) is 0. The maximum atomic E-state index is 14.3. The van der Waals surface area contributed by atoms with Crippen LogP contribution in [0.15, 0.2) is 42.5 Å². The fourth-order valence-corrected chi connectivity index (χ4v) is 4.86. The summed E-state index contributed by atoms with van der Waals surface area (Å²) in [5.74, 6) is -3.99. The highest BCUT2D eigenvalue weighted by atomic mass is 35.5. The van der Waals surface area contributed by atoms with Crippen molar-refractivity contribution in [3.05, 3.63) is 69.5 Å². The van der Waals surface area contributed by atoms with Gasteiger partial charge in [-0.25, -0.2) is 4.39 Å². The fourth-order valence-electron chi connectivity index (χ4n) is 4.55. The molecule has 2 saturated heterocycles. The van der Waals surface area contributed by atoms with Crippen LogP contribution in [0.2, 0.25) is 10.0 Å². The largest absolute Gasteiger partial charge is 0.443 e. The number of ether oxygens (including phenoxy) is 2. The van der Waals surface area contributed by atoms with Crippen LogP contribution in [-0.4, -0.2) is 5.90 Å². The number of nitrogens with one attached hydrogen (secondary N) is 1. The molecule has 4 rings (SSSR count). The summed E-state index contributed by atoms with van der Waals surface area (Å²) in [5.41, 5.74) is -3.67. The van der Waals surface area contributed by atoms with Crippen LogP contribution in [0.1, 0.15) is 24.2 Å². The van der Waals surface area contributed by atoms with Crippen molar-refractivity contribution in [3.8, 4) is 18.2 Å². The molecule has 2 aliphatic rings. The van der Waals surface area contributed by atoms with Gasteiger partial charge in [0.2, 0.25) is 17.1 Å². The highest BCUT2D eigenvalue weighted by Crippen LogP contribution is 2.69. The molecule has 31 heavy (non-hydrogen) atoms. The van der Waals surface area contributed by atoms with Gasteiger partial charge in [-0.05, 0) is 29.8 Å². The van der Waals surface area contributed by atoms with Crippen LogP contribution in [-0.2, 0) is 15.3 Å². The summed E-state index contributed by atoms with van der Waals surface area (Å²) in [6, 6.07) is 16.0. The Morgan fingerprint density at radius 1 is 1.06 bits per heavy atom. The molecule has 2 aromatic carbocycles. The predicted molar refractivity (Wildman–Crippen MR) is 108 cm³/mol. The van der Waals surface area contributed by atoms with Crippen LogP contribution in [0.4, 0.5) is 4.39 Å². The SMILES string of the molecule is CC1C2(c3cccc(Cl)c3)OC(=N)C1(C#N)C(C#N)(C#N)C(c1ccc(Cl)c(F)c1)O2. The molecule has 2 aliphatic heterocycles. The summed E-state index contributed by atoms with van der Waals surface area (Å²) in [7, 11) is 0. The van der Waals surface area contributed by atoms with Gasteiger partial charge < -0.3 is 9.47 Å². The maximum Gasteiger partial charge on any atom is 0.244 e.